The van der Waals surface area contributed by atoms with E-state index < -0.39 is 29.5 Å². The van der Waals surface area contributed by atoms with Crippen LogP contribution in [0.5, 0.6) is 5.75 Å². The number of amides is 3. The number of benzene rings is 1. The molecule has 3 N–H and O–H groups in total. The van der Waals surface area contributed by atoms with E-state index >= 15 is 0 Å². The number of hydrogen-bond donors (Lipinski definition) is 3. The molecule has 0 radical (unpaired) electrons. The second-order valence-electron chi connectivity index (χ2n) is 12.6. The van der Waals surface area contributed by atoms with Gasteiger partial charge in [0.05, 0.1) is 59.3 Å². The van der Waals surface area contributed by atoms with E-state index in [-0.39, 0.29) is 35.0 Å². The summed E-state index contributed by atoms with van der Waals surface area (Å²) in [5.41, 5.74) is 1.74. The van der Waals surface area contributed by atoms with Gasteiger partial charge in [0.1, 0.15) is 17.4 Å². The van der Waals surface area contributed by atoms with Crippen LogP contribution in [0.3, 0.4) is 0 Å². The van der Waals surface area contributed by atoms with Gasteiger partial charge in [0.15, 0.2) is 5.78 Å². The molecule has 3 aliphatic heterocycles. The average molecular weight is 649 g/mol. The Morgan fingerprint density at radius 3 is 2.35 bits per heavy atom. The molecule has 1 aromatic rings. The van der Waals surface area contributed by atoms with E-state index in [2.05, 4.69) is 29.0 Å². The molecule has 3 atom stereocenters. The Morgan fingerprint density at radius 2 is 1.76 bits per heavy atom. The van der Waals surface area contributed by atoms with Gasteiger partial charge in [-0.05, 0) is 64.5 Å². The minimum atomic E-state index is -0.845. The Hall–Kier alpha value is -3.32. The van der Waals surface area contributed by atoms with Gasteiger partial charge in [0.2, 0.25) is 17.7 Å². The fourth-order valence-electron chi connectivity index (χ4n) is 5.57. The molecule has 46 heavy (non-hydrogen) atoms. The molecule has 1 aliphatic carbocycles. The van der Waals surface area contributed by atoms with E-state index in [1.165, 1.54) is 17.6 Å². The lowest BCUT2D eigenvalue weighted by atomic mass is 9.91. The van der Waals surface area contributed by atoms with Crippen molar-refractivity contribution < 1.29 is 42.4 Å². The summed E-state index contributed by atoms with van der Waals surface area (Å²) in [5.74, 6) is -0.507. The Labute approximate surface area is 276 Å². The first-order chi connectivity index (χ1) is 22.2. The smallest absolute Gasteiger partial charge is 0.243 e. The van der Waals surface area contributed by atoms with Crippen LogP contribution < -0.4 is 20.7 Å². The van der Waals surface area contributed by atoms with Gasteiger partial charge >= 0.3 is 0 Å². The average Bonchev–Trinajstić information content (AvgIpc) is 3.80. The summed E-state index contributed by atoms with van der Waals surface area (Å²) in [6, 6.07) is 6.50. The number of ether oxygens (including phenoxy) is 4. The third-order valence-corrected chi connectivity index (χ3v) is 8.77. The van der Waals surface area contributed by atoms with E-state index in [4.69, 9.17) is 18.9 Å². The molecular weight excluding hydrogens is 592 g/mol. The van der Waals surface area contributed by atoms with Crippen molar-refractivity contribution in [3.63, 3.8) is 0 Å². The van der Waals surface area contributed by atoms with Gasteiger partial charge in [0.25, 0.3) is 0 Å². The van der Waals surface area contributed by atoms with Crippen LogP contribution in [0.4, 0.5) is 0 Å². The van der Waals surface area contributed by atoms with Crippen molar-refractivity contribution in [2.45, 2.75) is 70.1 Å². The molecule has 1 aromatic carbocycles. The standard InChI is InChI=1S/C26H40N4O7.C8H10O.3H2/c1-26(17-37-26)24(33)20(8-7-18-5-3-2-4-6-18)28-21(31)13-27-25(34)23(19-15-36-16-19)29-22(32)14-30-9-11-35-12-10-30;1-7-3-5-8(9-2)6-4-7;;;/h5,19-20,23H,2-4,6-17H2,1H3,(H,27,34)(H,28,31)(H,29,32);3-6H,1-2H3;3*1H/t20-,23-,26+;;;;/m0..../s1. The van der Waals surface area contributed by atoms with E-state index in [9.17, 15) is 19.2 Å². The number of morpholine rings is 1. The summed E-state index contributed by atoms with van der Waals surface area (Å²) in [4.78, 5) is 53.2. The molecule has 0 saturated carbocycles. The minimum Gasteiger partial charge on any atom is -0.497 e. The van der Waals surface area contributed by atoms with Crippen molar-refractivity contribution >= 4 is 23.5 Å². The molecule has 12 nitrogen and oxygen atoms in total. The van der Waals surface area contributed by atoms with Crippen LogP contribution in [0.25, 0.3) is 0 Å². The van der Waals surface area contributed by atoms with Crippen molar-refractivity contribution in [3.8, 4) is 5.75 Å². The van der Waals surface area contributed by atoms with Crippen molar-refractivity contribution in [2.24, 2.45) is 5.92 Å². The number of methoxy groups -OCH3 is 1. The first kappa shape index (κ1) is 35.5. The predicted octanol–water partition coefficient (Wildman–Crippen LogP) is 2.43. The zero-order valence-electron chi connectivity index (χ0n) is 27.4. The van der Waals surface area contributed by atoms with E-state index in [1.807, 2.05) is 29.2 Å². The maximum Gasteiger partial charge on any atom is 0.243 e. The van der Waals surface area contributed by atoms with Gasteiger partial charge in [-0.1, -0.05) is 29.3 Å². The number of carbonyl (C=O) groups excluding carboxylic acids is 4. The fourth-order valence-corrected chi connectivity index (χ4v) is 5.57. The van der Waals surface area contributed by atoms with Gasteiger partial charge < -0.3 is 34.9 Å². The molecule has 4 aliphatic rings. The van der Waals surface area contributed by atoms with E-state index in [0.29, 0.717) is 52.5 Å². The molecule has 0 unspecified atom stereocenters. The third kappa shape index (κ3) is 11.2. The number of epoxide rings is 1. The largest absolute Gasteiger partial charge is 0.497 e. The summed E-state index contributed by atoms with van der Waals surface area (Å²) < 4.78 is 20.8. The highest BCUT2D eigenvalue weighted by atomic mass is 16.6. The molecule has 12 heteroatoms. The zero-order valence-corrected chi connectivity index (χ0v) is 27.4. The first-order valence-corrected chi connectivity index (χ1v) is 16.4. The molecule has 3 heterocycles. The summed E-state index contributed by atoms with van der Waals surface area (Å²) in [6.07, 6.45) is 7.92. The number of ketones is 1. The molecule has 260 valence electrons. The molecule has 0 aromatic heterocycles. The number of rotatable bonds is 14. The Bertz CT molecular complexity index is 1220. The Morgan fingerprint density at radius 1 is 1.04 bits per heavy atom. The molecule has 0 spiro atoms. The van der Waals surface area contributed by atoms with Gasteiger partial charge in [-0.2, -0.15) is 0 Å². The van der Waals surface area contributed by atoms with Crippen LogP contribution >= 0.6 is 0 Å². The number of hydrogen-bond acceptors (Lipinski definition) is 9. The highest BCUT2D eigenvalue weighted by Gasteiger charge is 2.50. The van der Waals surface area contributed by atoms with Gasteiger partial charge in [-0.3, -0.25) is 24.1 Å². The van der Waals surface area contributed by atoms with E-state index in [1.54, 1.807) is 14.0 Å². The fraction of sp³-hybridized carbons (Fsp3) is 0.647. The third-order valence-electron chi connectivity index (χ3n) is 8.77. The highest BCUT2D eigenvalue weighted by Crippen LogP contribution is 2.30. The maximum absolute atomic E-state index is 13.0. The van der Waals surface area contributed by atoms with Crippen molar-refractivity contribution in [3.05, 3.63) is 41.5 Å². The Kier molecular flexibility index (Phi) is 13.6. The summed E-state index contributed by atoms with van der Waals surface area (Å²) in [5, 5.41) is 8.26. The van der Waals surface area contributed by atoms with Crippen LogP contribution in [0.1, 0.15) is 55.3 Å². The predicted molar refractivity (Wildman–Crippen MR) is 178 cm³/mol. The molecular formula is C34H56N4O8. The number of Topliss-reactive ketones (excluding diaryl/α,β-unsaturated/α-hetero) is 1. The van der Waals surface area contributed by atoms with Gasteiger partial charge in [-0.25, -0.2) is 0 Å². The summed E-state index contributed by atoms with van der Waals surface area (Å²) >= 11 is 0. The number of nitrogens with one attached hydrogen (secondary N) is 3. The van der Waals surface area contributed by atoms with Crippen LogP contribution in [0, 0.1) is 12.8 Å². The second-order valence-corrected chi connectivity index (χ2v) is 12.6. The monoisotopic (exact) mass is 648 g/mol. The summed E-state index contributed by atoms with van der Waals surface area (Å²) in [7, 11) is 1.67. The molecule has 3 saturated heterocycles. The SMILES string of the molecule is COc1ccc(C)cc1.C[C@]1(C(=O)[C@H](CCC2=CCCCC2)NC(=O)CNC(=O)[C@@H](NC(=O)CN2CCOCC2)C2COC2)CO1.[HH].[HH].[HH]. The number of aryl methyl sites for hydroxylation is 1. The van der Waals surface area contributed by atoms with E-state index in [0.717, 1.165) is 31.4 Å². The van der Waals surface area contributed by atoms with Crippen LogP contribution in [-0.2, 0) is 33.4 Å². The van der Waals surface area contributed by atoms with Crippen LogP contribution in [-0.4, -0.2) is 112 Å². The molecule has 0 bridgehead atoms. The zero-order chi connectivity index (χ0) is 32.9. The lowest BCUT2D eigenvalue weighted by molar-refractivity contribution is -0.138. The second kappa shape index (κ2) is 17.6. The molecule has 5 rings (SSSR count). The number of nitrogens with zero attached hydrogens (tertiary/aromatic N) is 1. The first-order valence-electron chi connectivity index (χ1n) is 16.4. The molecule has 3 fully saturated rings. The summed E-state index contributed by atoms with van der Waals surface area (Å²) in [6.45, 7) is 7.27. The van der Waals surface area contributed by atoms with Crippen LogP contribution in [0.15, 0.2) is 35.9 Å². The van der Waals surface area contributed by atoms with Gasteiger partial charge in [-0.15, -0.1) is 0 Å². The quantitative estimate of drug-likeness (QED) is 0.204. The van der Waals surface area contributed by atoms with Crippen molar-refractivity contribution in [1.29, 1.82) is 0 Å². The lowest BCUT2D eigenvalue weighted by Gasteiger charge is -2.34. The maximum atomic E-state index is 13.0. The normalized spacial score (nSPS) is 22.5. The topological polar surface area (TPSA) is 148 Å². The lowest BCUT2D eigenvalue weighted by Crippen LogP contribution is -2.58. The minimum absolute atomic E-state index is 0. The van der Waals surface area contributed by atoms with Crippen molar-refractivity contribution in [2.75, 3.05) is 66.3 Å². The number of carbonyl (C=O) groups is 4. The molecule has 3 amide bonds. The van der Waals surface area contributed by atoms with Crippen LogP contribution in [0.2, 0.25) is 0 Å². The van der Waals surface area contributed by atoms with Crippen molar-refractivity contribution in [1.82, 2.24) is 20.9 Å². The van der Waals surface area contributed by atoms with Gasteiger partial charge in [0, 0.05) is 23.3 Å². The number of allylic oxidation sites excluding steroid dienone is 2. The highest BCUT2D eigenvalue weighted by molar-refractivity contribution is 5.97. The Balaban J connectivity index is 0.000000872.